The summed E-state index contributed by atoms with van der Waals surface area (Å²) in [4.78, 5) is 12.1. The van der Waals surface area contributed by atoms with Crippen molar-refractivity contribution in [2.45, 2.75) is 71.3 Å². The van der Waals surface area contributed by atoms with Crippen molar-refractivity contribution in [1.29, 1.82) is 0 Å². The Bertz CT molecular complexity index is 229. The number of hydrogen-bond acceptors (Lipinski definition) is 2. The van der Waals surface area contributed by atoms with Gasteiger partial charge in [0.05, 0.1) is 0 Å². The third kappa shape index (κ3) is 5.38. The highest BCUT2D eigenvalue weighted by atomic mass is 16.1. The molecule has 1 aliphatic carbocycles. The van der Waals surface area contributed by atoms with E-state index in [4.69, 9.17) is 5.73 Å². The molecule has 0 aromatic heterocycles. The van der Waals surface area contributed by atoms with Gasteiger partial charge in [0, 0.05) is 18.5 Å². The number of carbonyl (C=O) groups excluding carboxylic acids is 1. The smallest absolute Gasteiger partial charge is 0.223 e. The molecule has 3 heteroatoms. The van der Waals surface area contributed by atoms with Crippen LogP contribution in [0.15, 0.2) is 0 Å². The summed E-state index contributed by atoms with van der Waals surface area (Å²) in [6, 6.07) is 0.393. The molecule has 0 unspecified atom stereocenters. The van der Waals surface area contributed by atoms with Crippen molar-refractivity contribution in [3.63, 3.8) is 0 Å². The molecule has 1 fully saturated rings. The van der Waals surface area contributed by atoms with Crippen molar-refractivity contribution >= 4 is 5.91 Å². The molecule has 1 amide bonds. The summed E-state index contributed by atoms with van der Waals surface area (Å²) in [6.45, 7) is 5.16. The van der Waals surface area contributed by atoms with Gasteiger partial charge in [-0.15, -0.1) is 0 Å². The van der Waals surface area contributed by atoms with Crippen LogP contribution in [0.2, 0.25) is 0 Å². The molecule has 3 nitrogen and oxygen atoms in total. The number of nitrogens with one attached hydrogen (secondary N) is 1. The SMILES string of the molecule is CCCC(CCC)C(=O)NCC1CCC(N)CC1. The lowest BCUT2D eigenvalue weighted by molar-refractivity contribution is -0.125. The quantitative estimate of drug-likeness (QED) is 0.734. The van der Waals surface area contributed by atoms with Gasteiger partial charge in [0.15, 0.2) is 0 Å². The summed E-state index contributed by atoms with van der Waals surface area (Å²) < 4.78 is 0. The van der Waals surface area contributed by atoms with Crippen molar-refractivity contribution in [1.82, 2.24) is 5.32 Å². The highest BCUT2D eigenvalue weighted by Crippen LogP contribution is 2.22. The zero-order valence-corrected chi connectivity index (χ0v) is 12.1. The lowest BCUT2D eigenvalue weighted by Gasteiger charge is -2.26. The minimum Gasteiger partial charge on any atom is -0.356 e. The van der Waals surface area contributed by atoms with Gasteiger partial charge in [0.2, 0.25) is 5.91 Å². The average Bonchev–Trinajstić information content (AvgIpc) is 2.37. The van der Waals surface area contributed by atoms with Crippen LogP contribution in [-0.2, 0) is 4.79 Å². The van der Waals surface area contributed by atoms with Crippen LogP contribution in [-0.4, -0.2) is 18.5 Å². The fourth-order valence-electron chi connectivity index (χ4n) is 2.89. The first-order chi connectivity index (χ1) is 8.67. The van der Waals surface area contributed by atoms with E-state index in [0.29, 0.717) is 12.0 Å². The number of carbonyl (C=O) groups is 1. The molecule has 0 spiro atoms. The maximum absolute atomic E-state index is 12.1. The van der Waals surface area contributed by atoms with Gasteiger partial charge in [-0.05, 0) is 44.4 Å². The summed E-state index contributed by atoms with van der Waals surface area (Å²) in [5.41, 5.74) is 5.89. The first-order valence-electron chi connectivity index (χ1n) is 7.70. The van der Waals surface area contributed by atoms with Crippen LogP contribution in [0.1, 0.15) is 65.2 Å². The topological polar surface area (TPSA) is 55.1 Å². The van der Waals surface area contributed by atoms with E-state index in [1.54, 1.807) is 0 Å². The Kier molecular flexibility index (Phi) is 7.33. The Morgan fingerprint density at radius 2 is 1.72 bits per heavy atom. The van der Waals surface area contributed by atoms with Gasteiger partial charge in [-0.2, -0.15) is 0 Å². The normalized spacial score (nSPS) is 24.2. The predicted octanol–water partition coefficient (Wildman–Crippen LogP) is 2.84. The zero-order chi connectivity index (χ0) is 13.4. The molecule has 0 bridgehead atoms. The molecule has 3 N–H and O–H groups in total. The average molecular weight is 254 g/mol. The molecule has 0 aromatic rings. The second-order valence-electron chi connectivity index (χ2n) is 5.80. The number of hydrogen-bond donors (Lipinski definition) is 2. The highest BCUT2D eigenvalue weighted by Gasteiger charge is 2.21. The Balaban J connectivity index is 2.25. The number of amides is 1. The molecule has 106 valence electrons. The van der Waals surface area contributed by atoms with Crippen LogP contribution >= 0.6 is 0 Å². The molecule has 1 saturated carbocycles. The molecule has 1 aliphatic rings. The van der Waals surface area contributed by atoms with Crippen LogP contribution in [0.25, 0.3) is 0 Å². The monoisotopic (exact) mass is 254 g/mol. The van der Waals surface area contributed by atoms with Gasteiger partial charge in [-0.3, -0.25) is 4.79 Å². The molecule has 0 aromatic carbocycles. The van der Waals surface area contributed by atoms with E-state index in [1.807, 2.05) is 0 Å². The summed E-state index contributed by atoms with van der Waals surface area (Å²) >= 11 is 0. The summed E-state index contributed by atoms with van der Waals surface area (Å²) in [6.07, 6.45) is 8.82. The van der Waals surface area contributed by atoms with Gasteiger partial charge >= 0.3 is 0 Å². The first kappa shape index (κ1) is 15.5. The number of nitrogens with two attached hydrogens (primary N) is 1. The molecular formula is C15H30N2O. The fourth-order valence-corrected chi connectivity index (χ4v) is 2.89. The standard InChI is InChI=1S/C15H30N2O/c1-3-5-13(6-4-2)15(18)17-11-12-7-9-14(16)10-8-12/h12-14H,3-11,16H2,1-2H3,(H,17,18). The van der Waals surface area contributed by atoms with E-state index in [0.717, 1.165) is 45.1 Å². The van der Waals surface area contributed by atoms with Gasteiger partial charge in [0.25, 0.3) is 0 Å². The maximum atomic E-state index is 12.1. The summed E-state index contributed by atoms with van der Waals surface area (Å²) in [7, 11) is 0. The van der Waals surface area contributed by atoms with Crippen molar-refractivity contribution in [3.05, 3.63) is 0 Å². The van der Waals surface area contributed by atoms with Crippen LogP contribution in [0.4, 0.5) is 0 Å². The van der Waals surface area contributed by atoms with Crippen LogP contribution in [0.5, 0.6) is 0 Å². The minimum atomic E-state index is 0.228. The van der Waals surface area contributed by atoms with Crippen LogP contribution in [0.3, 0.4) is 0 Å². The van der Waals surface area contributed by atoms with Crippen molar-refractivity contribution < 1.29 is 4.79 Å². The lowest BCUT2D eigenvalue weighted by atomic mass is 9.86. The van der Waals surface area contributed by atoms with Gasteiger partial charge < -0.3 is 11.1 Å². The van der Waals surface area contributed by atoms with E-state index in [9.17, 15) is 4.79 Å². The fraction of sp³-hybridized carbons (Fsp3) is 0.933. The Labute approximate surface area is 112 Å². The first-order valence-corrected chi connectivity index (χ1v) is 7.70. The molecule has 1 rings (SSSR count). The highest BCUT2D eigenvalue weighted by molar-refractivity contribution is 5.78. The molecule has 0 heterocycles. The molecule has 0 saturated heterocycles. The second kappa shape index (κ2) is 8.52. The van der Waals surface area contributed by atoms with Gasteiger partial charge in [-0.25, -0.2) is 0 Å². The minimum absolute atomic E-state index is 0.228. The second-order valence-corrected chi connectivity index (χ2v) is 5.80. The molecule has 0 aliphatic heterocycles. The van der Waals surface area contributed by atoms with E-state index >= 15 is 0 Å². The Hall–Kier alpha value is -0.570. The van der Waals surface area contributed by atoms with E-state index < -0.39 is 0 Å². The Morgan fingerprint density at radius 3 is 2.22 bits per heavy atom. The third-order valence-corrected chi connectivity index (χ3v) is 4.10. The lowest BCUT2D eigenvalue weighted by Crippen LogP contribution is -2.37. The molecule has 0 radical (unpaired) electrons. The van der Waals surface area contributed by atoms with Crippen LogP contribution < -0.4 is 11.1 Å². The Morgan fingerprint density at radius 1 is 1.17 bits per heavy atom. The molecule has 0 atom stereocenters. The third-order valence-electron chi connectivity index (χ3n) is 4.10. The van der Waals surface area contributed by atoms with Crippen LogP contribution in [0, 0.1) is 11.8 Å². The van der Waals surface area contributed by atoms with Gasteiger partial charge in [-0.1, -0.05) is 26.7 Å². The van der Waals surface area contributed by atoms with Crippen molar-refractivity contribution in [2.24, 2.45) is 17.6 Å². The molecular weight excluding hydrogens is 224 g/mol. The molecule has 18 heavy (non-hydrogen) atoms. The van der Waals surface area contributed by atoms with E-state index in [1.165, 1.54) is 12.8 Å². The van der Waals surface area contributed by atoms with E-state index in [2.05, 4.69) is 19.2 Å². The largest absolute Gasteiger partial charge is 0.356 e. The predicted molar refractivity (Wildman–Crippen MR) is 76.2 cm³/mol. The number of rotatable bonds is 7. The van der Waals surface area contributed by atoms with Crippen molar-refractivity contribution in [2.75, 3.05) is 6.54 Å². The zero-order valence-electron chi connectivity index (χ0n) is 12.1. The summed E-state index contributed by atoms with van der Waals surface area (Å²) in [5, 5.41) is 3.16. The van der Waals surface area contributed by atoms with Gasteiger partial charge in [0.1, 0.15) is 0 Å². The van der Waals surface area contributed by atoms with E-state index in [-0.39, 0.29) is 11.8 Å². The maximum Gasteiger partial charge on any atom is 0.223 e. The summed E-state index contributed by atoms with van der Waals surface area (Å²) in [5.74, 6) is 1.15. The van der Waals surface area contributed by atoms with Crippen molar-refractivity contribution in [3.8, 4) is 0 Å².